The highest BCUT2D eigenvalue weighted by atomic mass is 16.7. The molecular weight excluding hydrogens is 504 g/mol. The molecule has 0 saturated carbocycles. The molecule has 0 saturated heterocycles. The molecule has 4 heterocycles. The van der Waals surface area contributed by atoms with Crippen LogP contribution in [0.4, 0.5) is 10.5 Å². The van der Waals surface area contributed by atoms with Crippen LogP contribution in [-0.2, 0) is 0 Å². The van der Waals surface area contributed by atoms with Crippen LogP contribution in [0.2, 0.25) is 0 Å². The Bertz CT molecular complexity index is 1360. The van der Waals surface area contributed by atoms with E-state index in [1.165, 1.54) is 11.2 Å². The quantitative estimate of drug-likeness (QED) is 0.489. The van der Waals surface area contributed by atoms with Crippen molar-refractivity contribution < 1.29 is 28.9 Å². The third kappa shape index (κ3) is 5.55. The first-order chi connectivity index (χ1) is 18.8. The van der Waals surface area contributed by atoms with Crippen LogP contribution in [-0.4, -0.2) is 87.5 Å². The number of aliphatic hydroxyl groups is 1. The molecule has 0 unspecified atom stereocenters. The zero-order valence-electron chi connectivity index (χ0n) is 21.9. The summed E-state index contributed by atoms with van der Waals surface area (Å²) in [6, 6.07) is 6.12. The molecule has 2 aromatic heterocycles. The normalized spacial score (nSPS) is 18.9. The predicted octanol–water partition coefficient (Wildman–Crippen LogP) is 2.65. The van der Waals surface area contributed by atoms with Crippen molar-refractivity contribution >= 4 is 17.6 Å². The molecule has 0 radical (unpaired) electrons. The molecule has 2 aliphatic heterocycles. The van der Waals surface area contributed by atoms with Crippen molar-refractivity contribution in [2.75, 3.05) is 38.9 Å². The highest BCUT2D eigenvalue weighted by molar-refractivity contribution is 5.98. The first kappa shape index (κ1) is 26.2. The minimum Gasteiger partial charge on any atom is -0.472 e. The number of fused-ring (bicyclic) bond motifs is 2. The van der Waals surface area contributed by atoms with E-state index in [-0.39, 0.29) is 49.2 Å². The monoisotopic (exact) mass is 534 g/mol. The second-order valence-corrected chi connectivity index (χ2v) is 9.71. The van der Waals surface area contributed by atoms with E-state index < -0.39 is 12.1 Å². The number of anilines is 1. The van der Waals surface area contributed by atoms with E-state index in [1.807, 2.05) is 6.92 Å². The third-order valence-electron chi connectivity index (χ3n) is 6.84. The Hall–Kier alpha value is -4.45. The summed E-state index contributed by atoms with van der Waals surface area (Å²) in [7, 11) is 1.67. The van der Waals surface area contributed by atoms with E-state index in [2.05, 4.69) is 20.3 Å². The van der Waals surface area contributed by atoms with Crippen LogP contribution in [0.1, 0.15) is 24.2 Å². The van der Waals surface area contributed by atoms with Crippen molar-refractivity contribution in [3.63, 3.8) is 0 Å². The van der Waals surface area contributed by atoms with E-state index in [4.69, 9.17) is 14.2 Å². The summed E-state index contributed by atoms with van der Waals surface area (Å²) in [4.78, 5) is 42.3. The Morgan fingerprint density at radius 2 is 1.95 bits per heavy atom. The van der Waals surface area contributed by atoms with Crippen molar-refractivity contribution in [3.05, 3.63) is 54.7 Å². The van der Waals surface area contributed by atoms with Gasteiger partial charge in [0.15, 0.2) is 11.5 Å². The molecule has 12 nitrogen and oxygen atoms in total. The fourth-order valence-corrected chi connectivity index (χ4v) is 4.47. The van der Waals surface area contributed by atoms with E-state index in [9.17, 15) is 14.7 Å². The molecule has 0 bridgehead atoms. The number of amides is 3. The fraction of sp³-hybridized carbons (Fsp3) is 0.370. The van der Waals surface area contributed by atoms with Gasteiger partial charge >= 0.3 is 6.03 Å². The highest BCUT2D eigenvalue weighted by Gasteiger charge is 2.35. The molecule has 12 heteroatoms. The molecule has 5 rings (SSSR count). The van der Waals surface area contributed by atoms with Crippen molar-refractivity contribution in [3.8, 4) is 28.5 Å². The van der Waals surface area contributed by atoms with E-state index >= 15 is 0 Å². The van der Waals surface area contributed by atoms with Gasteiger partial charge in [-0.2, -0.15) is 0 Å². The molecule has 1 aromatic carbocycles. The summed E-state index contributed by atoms with van der Waals surface area (Å²) >= 11 is 0. The minimum absolute atomic E-state index is 0.147. The number of pyridine rings is 1. The van der Waals surface area contributed by atoms with Crippen LogP contribution < -0.4 is 19.5 Å². The first-order valence-corrected chi connectivity index (χ1v) is 12.6. The van der Waals surface area contributed by atoms with Gasteiger partial charge in [0.25, 0.3) is 5.91 Å². The van der Waals surface area contributed by atoms with Crippen molar-refractivity contribution in [2.45, 2.75) is 26.0 Å². The van der Waals surface area contributed by atoms with Gasteiger partial charge in [0.1, 0.15) is 18.0 Å². The number of carbonyl (C=O) groups is 2. The lowest BCUT2D eigenvalue weighted by molar-refractivity contribution is 0.0356. The number of likely N-dealkylation sites (N-methyl/N-ethyl adjacent to an activating group) is 1. The van der Waals surface area contributed by atoms with Crippen molar-refractivity contribution in [2.24, 2.45) is 5.92 Å². The topological polar surface area (TPSA) is 139 Å². The molecule has 2 N–H and O–H groups in total. The predicted molar refractivity (Wildman–Crippen MR) is 141 cm³/mol. The standard InChI is InChI=1S/C27H30N6O6/c1-16-11-33(17(2)13-34)26(35)21-6-18(19-8-28-14-29-9-19)10-30-25(21)39-24(16)12-32(3)27(36)31-20-4-5-22-23(7-20)38-15-37-22/h4-10,14,16-17,24,34H,11-13,15H2,1-3H3,(H,31,36)/t16-,17+,24+/m0/s1. The van der Waals surface area contributed by atoms with E-state index in [0.717, 1.165) is 0 Å². The summed E-state index contributed by atoms with van der Waals surface area (Å²) in [6.07, 6.45) is 5.81. The fourth-order valence-electron chi connectivity index (χ4n) is 4.47. The second kappa shape index (κ2) is 11.1. The van der Waals surface area contributed by atoms with Crippen LogP contribution in [0.25, 0.3) is 11.1 Å². The number of rotatable bonds is 6. The van der Waals surface area contributed by atoms with Gasteiger partial charge in [0.05, 0.1) is 19.2 Å². The van der Waals surface area contributed by atoms with Gasteiger partial charge in [-0.05, 0) is 25.1 Å². The van der Waals surface area contributed by atoms with Gasteiger partial charge in [0, 0.05) is 61.0 Å². The smallest absolute Gasteiger partial charge is 0.321 e. The lowest BCUT2D eigenvalue weighted by atomic mass is 9.99. The molecule has 0 spiro atoms. The van der Waals surface area contributed by atoms with Gasteiger partial charge in [-0.3, -0.25) is 4.79 Å². The van der Waals surface area contributed by atoms with Gasteiger partial charge in [-0.1, -0.05) is 6.92 Å². The number of hydrogen-bond acceptors (Lipinski definition) is 9. The molecule has 0 aliphatic carbocycles. The van der Waals surface area contributed by atoms with E-state index in [0.29, 0.717) is 34.9 Å². The third-order valence-corrected chi connectivity index (χ3v) is 6.84. The maximum absolute atomic E-state index is 13.6. The average Bonchev–Trinajstić information content (AvgIpc) is 3.42. The number of aliphatic hydroxyl groups excluding tert-OH is 1. The molecule has 0 fully saturated rings. The molecule has 39 heavy (non-hydrogen) atoms. The number of benzene rings is 1. The minimum atomic E-state index is -0.490. The first-order valence-electron chi connectivity index (χ1n) is 12.6. The molecule has 3 aromatic rings. The van der Waals surface area contributed by atoms with Gasteiger partial charge < -0.3 is 34.4 Å². The van der Waals surface area contributed by atoms with Gasteiger partial charge in [-0.25, -0.2) is 19.7 Å². The second-order valence-electron chi connectivity index (χ2n) is 9.71. The Morgan fingerprint density at radius 1 is 1.18 bits per heavy atom. The van der Waals surface area contributed by atoms with Gasteiger partial charge in [0.2, 0.25) is 12.7 Å². The average molecular weight is 535 g/mol. The van der Waals surface area contributed by atoms with Crippen molar-refractivity contribution in [1.82, 2.24) is 24.8 Å². The summed E-state index contributed by atoms with van der Waals surface area (Å²) in [5.41, 5.74) is 2.20. The SMILES string of the molecule is C[C@H](CO)N1C[C@H](C)[C@@H](CN(C)C(=O)Nc2ccc3c(c2)OCO3)Oc2ncc(-c3cncnc3)cc2C1=O. The number of hydrogen-bond donors (Lipinski definition) is 2. The Balaban J connectivity index is 1.38. The Morgan fingerprint density at radius 3 is 2.72 bits per heavy atom. The Kier molecular flexibility index (Phi) is 7.46. The molecule has 2 aliphatic rings. The van der Waals surface area contributed by atoms with Crippen LogP contribution in [0.5, 0.6) is 17.4 Å². The molecular formula is C27H30N6O6. The largest absolute Gasteiger partial charge is 0.472 e. The summed E-state index contributed by atoms with van der Waals surface area (Å²) in [5.74, 6) is 0.887. The molecule has 3 atom stereocenters. The molecule has 3 amide bonds. The van der Waals surface area contributed by atoms with Crippen LogP contribution in [0.3, 0.4) is 0 Å². The Labute approximate surface area is 225 Å². The van der Waals surface area contributed by atoms with Gasteiger partial charge in [-0.15, -0.1) is 0 Å². The zero-order chi connectivity index (χ0) is 27.5. The number of carbonyl (C=O) groups excluding carboxylic acids is 2. The number of nitrogens with one attached hydrogen (secondary N) is 1. The summed E-state index contributed by atoms with van der Waals surface area (Å²) in [6.45, 7) is 4.22. The maximum Gasteiger partial charge on any atom is 0.321 e. The summed E-state index contributed by atoms with van der Waals surface area (Å²) in [5, 5.41) is 12.7. The lowest BCUT2D eigenvalue weighted by Crippen LogP contribution is -2.50. The summed E-state index contributed by atoms with van der Waals surface area (Å²) < 4.78 is 17.0. The van der Waals surface area contributed by atoms with Crippen LogP contribution in [0, 0.1) is 5.92 Å². The molecule has 204 valence electrons. The number of ether oxygens (including phenoxy) is 3. The maximum atomic E-state index is 13.6. The lowest BCUT2D eigenvalue weighted by Gasteiger charge is -2.37. The van der Waals surface area contributed by atoms with Crippen molar-refractivity contribution in [1.29, 1.82) is 0 Å². The van der Waals surface area contributed by atoms with Crippen LogP contribution >= 0.6 is 0 Å². The number of aromatic nitrogens is 3. The number of urea groups is 1. The number of nitrogens with zero attached hydrogens (tertiary/aromatic N) is 5. The zero-order valence-corrected chi connectivity index (χ0v) is 21.9. The van der Waals surface area contributed by atoms with Crippen LogP contribution in [0.15, 0.2) is 49.2 Å². The van der Waals surface area contributed by atoms with E-state index in [1.54, 1.807) is 61.7 Å². The highest BCUT2D eigenvalue weighted by Crippen LogP contribution is 2.34.